The van der Waals surface area contributed by atoms with Gasteiger partial charge in [-0.05, 0) is 72.8 Å². The maximum atomic E-state index is 6.26. The number of nitrogens with zero attached hydrogens (tertiary/aromatic N) is 3. The summed E-state index contributed by atoms with van der Waals surface area (Å²) in [6, 6.07) is 49.2. The maximum absolute atomic E-state index is 6.26. The molecule has 0 unspecified atom stereocenters. The molecule has 2 heterocycles. The molecule has 7 aromatic carbocycles. The van der Waals surface area contributed by atoms with Gasteiger partial charge in [0.15, 0.2) is 17.5 Å². The van der Waals surface area contributed by atoms with E-state index >= 15 is 0 Å². The minimum absolute atomic E-state index is 0.156. The fourth-order valence-electron chi connectivity index (χ4n) is 8.29. The number of furan rings is 1. The number of hydrogen-bond donors (Lipinski definition) is 0. The third kappa shape index (κ3) is 4.29. The van der Waals surface area contributed by atoms with Crippen LogP contribution in [0.1, 0.15) is 38.8 Å². The first-order chi connectivity index (χ1) is 24.8. The molecule has 4 heteroatoms. The fraction of sp³-hybridized carbons (Fsp3) is 0.128. The van der Waals surface area contributed by atoms with Crippen LogP contribution in [0, 0.1) is 0 Å². The lowest BCUT2D eigenvalue weighted by molar-refractivity contribution is 0.299. The molecule has 0 bridgehead atoms. The van der Waals surface area contributed by atoms with Gasteiger partial charge in [-0.3, -0.25) is 0 Å². The van der Waals surface area contributed by atoms with E-state index in [0.29, 0.717) is 17.5 Å². The van der Waals surface area contributed by atoms with Crippen molar-refractivity contribution in [3.63, 3.8) is 0 Å². The van der Waals surface area contributed by atoms with Crippen LogP contribution in [0.5, 0.6) is 0 Å². The van der Waals surface area contributed by atoms with Crippen molar-refractivity contribution in [2.45, 2.75) is 38.5 Å². The monoisotopic (exact) mass is 657 g/mol. The minimum atomic E-state index is -0.191. The Kier molecular flexibility index (Phi) is 6.23. The second-order valence-corrected chi connectivity index (χ2v) is 14.8. The van der Waals surface area contributed by atoms with Crippen LogP contribution in [-0.4, -0.2) is 15.0 Å². The molecule has 2 aromatic heterocycles. The molecule has 0 radical (unpaired) electrons. The van der Waals surface area contributed by atoms with Crippen molar-refractivity contribution < 1.29 is 4.42 Å². The maximum Gasteiger partial charge on any atom is 0.164 e. The summed E-state index contributed by atoms with van der Waals surface area (Å²) in [4.78, 5) is 15.5. The van der Waals surface area contributed by atoms with Gasteiger partial charge in [0.1, 0.15) is 11.2 Å². The van der Waals surface area contributed by atoms with Gasteiger partial charge in [0.2, 0.25) is 0 Å². The molecular formula is C47H35N3O. The largest absolute Gasteiger partial charge is 0.456 e. The lowest BCUT2D eigenvalue weighted by Gasteiger charge is -2.48. The molecule has 0 saturated heterocycles. The van der Waals surface area contributed by atoms with Crippen LogP contribution in [0.25, 0.3) is 88.8 Å². The Labute approximate surface area is 296 Å². The molecule has 51 heavy (non-hydrogen) atoms. The highest BCUT2D eigenvalue weighted by atomic mass is 16.3. The molecule has 1 aliphatic carbocycles. The van der Waals surface area contributed by atoms with Crippen molar-refractivity contribution >= 4 is 43.5 Å². The first kappa shape index (κ1) is 29.8. The van der Waals surface area contributed by atoms with Crippen LogP contribution in [-0.2, 0) is 10.8 Å². The standard InChI is InChI=1S/C47H35N3O/c1-46(2)36-26-24-29-22-21-28-13-8-9-16-32(28)40(29)42(36)33-25-23-31(27-37(33)47(46,3)4)44-48-43(30-14-6-5-7-15-30)49-45(50-44)35-18-12-20-39-41(35)34-17-10-11-19-38(34)51-39/h5-27H,1-4H3. The van der Waals surface area contributed by atoms with Crippen LogP contribution >= 0.6 is 0 Å². The van der Waals surface area contributed by atoms with E-state index in [2.05, 4.69) is 119 Å². The van der Waals surface area contributed by atoms with Crippen molar-refractivity contribution in [1.29, 1.82) is 0 Å². The van der Waals surface area contributed by atoms with Gasteiger partial charge >= 0.3 is 0 Å². The third-order valence-electron chi connectivity index (χ3n) is 11.7. The predicted octanol–water partition coefficient (Wildman–Crippen LogP) is 12.3. The summed E-state index contributed by atoms with van der Waals surface area (Å²) in [6.07, 6.45) is 0. The number of benzene rings is 7. The minimum Gasteiger partial charge on any atom is -0.456 e. The number of para-hydroxylation sites is 1. The normalized spacial score (nSPS) is 14.6. The number of rotatable bonds is 3. The smallest absolute Gasteiger partial charge is 0.164 e. The highest BCUT2D eigenvalue weighted by molar-refractivity contribution is 6.16. The zero-order valence-corrected chi connectivity index (χ0v) is 29.0. The highest BCUT2D eigenvalue weighted by Crippen LogP contribution is 2.56. The molecule has 0 amide bonds. The van der Waals surface area contributed by atoms with E-state index in [-0.39, 0.29) is 10.8 Å². The lowest BCUT2D eigenvalue weighted by atomic mass is 9.55. The van der Waals surface area contributed by atoms with Gasteiger partial charge in [0, 0.05) is 27.5 Å². The van der Waals surface area contributed by atoms with Gasteiger partial charge in [-0.25, -0.2) is 15.0 Å². The first-order valence-corrected chi connectivity index (χ1v) is 17.6. The van der Waals surface area contributed by atoms with Gasteiger partial charge in [0.05, 0.1) is 0 Å². The molecule has 0 atom stereocenters. The Morgan fingerprint density at radius 1 is 0.431 bits per heavy atom. The van der Waals surface area contributed by atoms with Crippen LogP contribution in [0.3, 0.4) is 0 Å². The molecular weight excluding hydrogens is 623 g/mol. The highest BCUT2D eigenvalue weighted by Gasteiger charge is 2.46. The zero-order valence-electron chi connectivity index (χ0n) is 29.0. The second-order valence-electron chi connectivity index (χ2n) is 14.8. The van der Waals surface area contributed by atoms with Gasteiger partial charge in [-0.15, -0.1) is 0 Å². The van der Waals surface area contributed by atoms with E-state index in [0.717, 1.165) is 38.6 Å². The molecule has 0 N–H and O–H groups in total. The number of hydrogen-bond acceptors (Lipinski definition) is 4. The molecule has 244 valence electrons. The van der Waals surface area contributed by atoms with Gasteiger partial charge in [-0.1, -0.05) is 149 Å². The van der Waals surface area contributed by atoms with Crippen molar-refractivity contribution in [2.24, 2.45) is 0 Å². The molecule has 0 aliphatic heterocycles. The molecule has 0 fully saturated rings. The summed E-state index contributed by atoms with van der Waals surface area (Å²) in [5.41, 5.74) is 9.42. The quantitative estimate of drug-likeness (QED) is 0.177. The Morgan fingerprint density at radius 2 is 1.08 bits per heavy atom. The molecule has 0 saturated carbocycles. The average Bonchev–Trinajstić information content (AvgIpc) is 3.56. The van der Waals surface area contributed by atoms with E-state index < -0.39 is 0 Å². The Hall–Kier alpha value is -6.13. The predicted molar refractivity (Wildman–Crippen MR) is 210 cm³/mol. The topological polar surface area (TPSA) is 51.8 Å². The number of fused-ring (bicyclic) bond motifs is 10. The van der Waals surface area contributed by atoms with E-state index in [1.165, 1.54) is 43.8 Å². The summed E-state index contributed by atoms with van der Waals surface area (Å²) < 4.78 is 6.26. The molecule has 1 aliphatic rings. The van der Waals surface area contributed by atoms with Gasteiger partial charge < -0.3 is 4.42 Å². The second kappa shape index (κ2) is 10.7. The van der Waals surface area contributed by atoms with Crippen LogP contribution in [0.2, 0.25) is 0 Å². The van der Waals surface area contributed by atoms with Crippen LogP contribution in [0.4, 0.5) is 0 Å². The van der Waals surface area contributed by atoms with E-state index in [1.54, 1.807) is 0 Å². The Bertz CT molecular complexity index is 2860. The average molecular weight is 658 g/mol. The molecule has 9 aromatic rings. The lowest BCUT2D eigenvalue weighted by Crippen LogP contribution is -2.43. The van der Waals surface area contributed by atoms with Crippen molar-refractivity contribution in [3.05, 3.63) is 151 Å². The molecule has 0 spiro atoms. The van der Waals surface area contributed by atoms with Crippen molar-refractivity contribution in [3.8, 4) is 45.3 Å². The van der Waals surface area contributed by atoms with Gasteiger partial charge in [0.25, 0.3) is 0 Å². The summed E-state index contributed by atoms with van der Waals surface area (Å²) in [5.74, 6) is 1.91. The van der Waals surface area contributed by atoms with Crippen LogP contribution in [0.15, 0.2) is 144 Å². The fourth-order valence-corrected chi connectivity index (χ4v) is 8.29. The van der Waals surface area contributed by atoms with Gasteiger partial charge in [-0.2, -0.15) is 0 Å². The summed E-state index contributed by atoms with van der Waals surface area (Å²) in [7, 11) is 0. The third-order valence-corrected chi connectivity index (χ3v) is 11.7. The molecule has 4 nitrogen and oxygen atoms in total. The van der Waals surface area contributed by atoms with Crippen molar-refractivity contribution in [2.75, 3.05) is 0 Å². The van der Waals surface area contributed by atoms with E-state index in [4.69, 9.17) is 19.4 Å². The summed E-state index contributed by atoms with van der Waals surface area (Å²) in [6.45, 7) is 9.54. The SMILES string of the molecule is CC1(C)c2cc(-c3nc(-c4ccccc4)nc(-c4cccc5oc6ccccc6c45)n3)ccc2-c2c(ccc3ccc4ccccc4c23)C1(C)C. The Balaban J connectivity index is 1.24. The van der Waals surface area contributed by atoms with E-state index in [9.17, 15) is 0 Å². The number of aromatic nitrogens is 3. The van der Waals surface area contributed by atoms with Crippen molar-refractivity contribution in [1.82, 2.24) is 15.0 Å². The zero-order chi connectivity index (χ0) is 34.5. The van der Waals surface area contributed by atoms with E-state index in [1.807, 2.05) is 48.5 Å². The Morgan fingerprint density at radius 3 is 1.92 bits per heavy atom. The van der Waals surface area contributed by atoms with Crippen LogP contribution < -0.4 is 0 Å². The summed E-state index contributed by atoms with van der Waals surface area (Å²) >= 11 is 0. The first-order valence-electron chi connectivity index (χ1n) is 17.6. The summed E-state index contributed by atoms with van der Waals surface area (Å²) in [5, 5.41) is 7.17. The molecule has 10 rings (SSSR count).